The van der Waals surface area contributed by atoms with Gasteiger partial charge in [-0.3, -0.25) is 9.59 Å². The Hall–Kier alpha value is -3.78. The van der Waals surface area contributed by atoms with E-state index in [0.717, 1.165) is 90.3 Å². The number of rotatable bonds is 4. The van der Waals surface area contributed by atoms with E-state index in [-0.39, 0.29) is 54.6 Å². The number of aliphatic hydroxyl groups is 2. The topological polar surface area (TPSA) is 140 Å². The van der Waals surface area contributed by atoms with Gasteiger partial charge in [0.1, 0.15) is 6.10 Å². The lowest BCUT2D eigenvalue weighted by molar-refractivity contribution is -0.150. The highest BCUT2D eigenvalue weighted by Crippen LogP contribution is 2.34. The fraction of sp³-hybridized carbons (Fsp3) is 0.607. The molecule has 0 radical (unpaired) electrons. The lowest BCUT2D eigenvalue weighted by atomic mass is 9.80. The molecule has 0 aromatic carbocycles. The molecule has 3 N–H and O–H groups in total. The Morgan fingerprint density at radius 1 is 0.765 bits per heavy atom. The van der Waals surface area contributed by atoms with Gasteiger partial charge in [0, 0.05) is 30.0 Å². The van der Waals surface area contributed by atoms with Crippen LogP contribution in [0, 0.1) is 25.2 Å². The van der Waals surface area contributed by atoms with Crippen LogP contribution in [-0.2, 0) is 23.8 Å². The van der Waals surface area contributed by atoms with E-state index in [1.54, 1.807) is 22.7 Å². The number of cyclic esters (lactones) is 1. The minimum absolute atomic E-state index is 0.0438. The highest BCUT2D eigenvalue weighted by Gasteiger charge is 2.29. The minimum Gasteiger partial charge on any atom is -0.457 e. The van der Waals surface area contributed by atoms with Crippen LogP contribution in [0.3, 0.4) is 0 Å². The van der Waals surface area contributed by atoms with Crippen LogP contribution in [0.4, 0.5) is 0 Å². The third-order valence-corrected chi connectivity index (χ3v) is 14.6. The van der Waals surface area contributed by atoms with Gasteiger partial charge in [-0.1, -0.05) is 88.0 Å². The number of aliphatic hydroxyl groups excluding tert-OH is 2. The van der Waals surface area contributed by atoms with Gasteiger partial charge in [-0.25, -0.2) is 9.97 Å². The molecule has 2 aromatic heterocycles. The summed E-state index contributed by atoms with van der Waals surface area (Å²) in [6, 6.07) is -0.119. The van der Waals surface area contributed by atoms with Crippen molar-refractivity contribution >= 4 is 46.7 Å². The first-order valence-electron chi connectivity index (χ1n) is 25.1. The average Bonchev–Trinajstić information content (AvgIpc) is 3.87. The quantitative estimate of drug-likeness (QED) is 0.202. The Morgan fingerprint density at radius 2 is 1.37 bits per heavy atom. The second kappa shape index (κ2) is 28.2. The summed E-state index contributed by atoms with van der Waals surface area (Å²) in [7, 11) is 0. The number of hydrogen-bond donors (Lipinski definition) is 3. The summed E-state index contributed by atoms with van der Waals surface area (Å²) in [6.07, 6.45) is 32.6. The van der Waals surface area contributed by atoms with Crippen LogP contribution >= 0.6 is 22.7 Å². The number of carbonyl (C=O) groups excluding carboxylic acids is 2. The lowest BCUT2D eigenvalue weighted by Gasteiger charge is -2.34. The van der Waals surface area contributed by atoms with Crippen molar-refractivity contribution in [2.45, 2.75) is 206 Å². The van der Waals surface area contributed by atoms with E-state index >= 15 is 0 Å². The maximum atomic E-state index is 12.8. The molecular formula is C56H81N3O7S2. The van der Waals surface area contributed by atoms with Crippen LogP contribution in [0.25, 0.3) is 12.2 Å². The zero-order chi connectivity index (χ0) is 49.1. The zero-order valence-corrected chi connectivity index (χ0v) is 43.6. The Bertz CT molecular complexity index is 2090. The van der Waals surface area contributed by atoms with E-state index in [4.69, 9.17) is 14.2 Å². The van der Waals surface area contributed by atoms with E-state index in [2.05, 4.69) is 79.1 Å². The number of allylic oxidation sites excluding steroid dienone is 3. The van der Waals surface area contributed by atoms with Gasteiger partial charge >= 0.3 is 5.97 Å². The molecule has 374 valence electrons. The summed E-state index contributed by atoms with van der Waals surface area (Å²) >= 11 is 3.22. The first kappa shape index (κ1) is 55.2. The number of fused-ring (bicyclic) bond motifs is 4. The average molecular weight is 972 g/mol. The van der Waals surface area contributed by atoms with E-state index in [0.29, 0.717) is 25.2 Å². The van der Waals surface area contributed by atoms with E-state index < -0.39 is 24.3 Å². The molecule has 0 saturated heterocycles. The SMILES string of the molecule is C/C(=C\c1csc(C)n1)[C@@H]1C/C=C/CCCCC(C)(C)C[C@@H]2CC=C[C@@H](C[C@@H](O)CC(=O)N1)O2.C=C1CC/C=C/C[C@@H](/C(C)=C/c2csc(C)n2)OC(=O)C[C@H](O)C[C@@H]2C=CC[C@@H](C[C@@H](C)C1)O2. The van der Waals surface area contributed by atoms with Gasteiger partial charge in [0.25, 0.3) is 0 Å². The molecule has 0 aliphatic carbocycles. The molecule has 68 heavy (non-hydrogen) atoms. The molecule has 0 unspecified atom stereocenters. The van der Waals surface area contributed by atoms with Crippen LogP contribution in [0.5, 0.6) is 0 Å². The van der Waals surface area contributed by atoms with Crippen LogP contribution in [0.1, 0.15) is 165 Å². The molecule has 0 spiro atoms. The number of thiazole rings is 2. The van der Waals surface area contributed by atoms with E-state index in [1.807, 2.05) is 62.8 Å². The minimum atomic E-state index is -0.807. The maximum Gasteiger partial charge on any atom is 0.309 e. The molecule has 2 aromatic rings. The third-order valence-electron chi connectivity index (χ3n) is 13.0. The van der Waals surface area contributed by atoms with Crippen molar-refractivity contribution in [3.05, 3.63) is 104 Å². The zero-order valence-electron chi connectivity index (χ0n) is 42.0. The van der Waals surface area contributed by atoms with Gasteiger partial charge < -0.3 is 29.7 Å². The number of nitrogens with zero attached hydrogens (tertiary/aromatic N) is 2. The predicted molar refractivity (Wildman–Crippen MR) is 279 cm³/mol. The highest BCUT2D eigenvalue weighted by atomic mass is 32.1. The van der Waals surface area contributed by atoms with Gasteiger partial charge in [0.05, 0.1) is 76.9 Å². The fourth-order valence-electron chi connectivity index (χ4n) is 9.51. The first-order chi connectivity index (χ1) is 32.5. The molecule has 6 heterocycles. The number of ether oxygens (including phenoxy) is 3. The molecule has 1 amide bonds. The molecule has 4 bridgehead atoms. The smallest absolute Gasteiger partial charge is 0.309 e. The van der Waals surface area contributed by atoms with Crippen LogP contribution < -0.4 is 5.32 Å². The summed E-state index contributed by atoms with van der Waals surface area (Å²) < 4.78 is 18.3. The first-order valence-corrected chi connectivity index (χ1v) is 26.9. The van der Waals surface area contributed by atoms with Gasteiger partial charge in [-0.05, 0) is 133 Å². The van der Waals surface area contributed by atoms with Crippen molar-refractivity contribution < 1.29 is 34.0 Å². The maximum absolute atomic E-state index is 12.8. The molecule has 6 rings (SSSR count). The number of aromatic nitrogens is 2. The van der Waals surface area contributed by atoms with Gasteiger partial charge in [-0.15, -0.1) is 22.7 Å². The van der Waals surface area contributed by atoms with Crippen molar-refractivity contribution in [1.29, 1.82) is 0 Å². The van der Waals surface area contributed by atoms with Crippen molar-refractivity contribution in [3.8, 4) is 0 Å². The molecule has 0 fully saturated rings. The van der Waals surface area contributed by atoms with E-state index in [1.165, 1.54) is 24.8 Å². The molecule has 12 heteroatoms. The van der Waals surface area contributed by atoms with E-state index in [9.17, 15) is 19.8 Å². The largest absolute Gasteiger partial charge is 0.457 e. The molecule has 0 saturated carbocycles. The third kappa shape index (κ3) is 20.7. The van der Waals surface area contributed by atoms with Crippen molar-refractivity contribution in [2.24, 2.45) is 11.3 Å². The molecule has 4 aliphatic rings. The summed E-state index contributed by atoms with van der Waals surface area (Å²) in [5.41, 5.74) is 5.29. The number of aryl methyl sites for hydroxylation is 2. The van der Waals surface area contributed by atoms with Crippen LogP contribution in [0.2, 0.25) is 0 Å². The second-order valence-electron chi connectivity index (χ2n) is 20.4. The molecular weight excluding hydrogens is 891 g/mol. The van der Waals surface area contributed by atoms with Gasteiger partial charge in [-0.2, -0.15) is 0 Å². The number of nitrogens with one attached hydrogen (secondary N) is 1. The Labute approximate surface area is 415 Å². The fourth-order valence-corrected chi connectivity index (χ4v) is 10.6. The van der Waals surface area contributed by atoms with Gasteiger partial charge in [0.15, 0.2) is 0 Å². The summed E-state index contributed by atoms with van der Waals surface area (Å²) in [5, 5.41) is 30.4. The van der Waals surface area contributed by atoms with Crippen molar-refractivity contribution in [1.82, 2.24) is 15.3 Å². The predicted octanol–water partition coefficient (Wildman–Crippen LogP) is 12.5. The second-order valence-corrected chi connectivity index (χ2v) is 22.6. The highest BCUT2D eigenvalue weighted by molar-refractivity contribution is 7.09. The Kier molecular flexibility index (Phi) is 22.8. The summed E-state index contributed by atoms with van der Waals surface area (Å²) in [6.45, 7) is 19.2. The van der Waals surface area contributed by atoms with Crippen LogP contribution in [-0.4, -0.2) is 80.8 Å². The van der Waals surface area contributed by atoms with Crippen molar-refractivity contribution in [3.63, 3.8) is 0 Å². The molecule has 10 nitrogen and oxygen atoms in total. The van der Waals surface area contributed by atoms with Gasteiger partial charge in [0.2, 0.25) is 5.91 Å². The number of hydrogen-bond acceptors (Lipinski definition) is 11. The summed E-state index contributed by atoms with van der Waals surface area (Å²) in [5.74, 6) is -0.0295. The Morgan fingerprint density at radius 3 is 2.03 bits per heavy atom. The number of carbonyl (C=O) groups is 2. The monoisotopic (exact) mass is 972 g/mol. The molecule has 9 atom stereocenters. The van der Waals surface area contributed by atoms with Crippen LogP contribution in [0.15, 0.2) is 82.7 Å². The Balaban J connectivity index is 0.000000254. The number of esters is 1. The lowest BCUT2D eigenvalue weighted by Crippen LogP contribution is -2.38. The standard InChI is InChI=1S/C28H42N2O3S.C28H39NO4S/c1-20(15-22-19-34-21(2)29-22)26-13-8-6-5-7-9-14-28(3,4)18-25-12-10-11-24(33-25)16-23(31)17-27(32)30-26;1-19-9-6-5-7-12-27(21(3)15-23-18-34-22(4)29-23)33-28(31)17-24(30)16-26-11-8-10-25(32-26)14-20(2)13-19/h6,8,10-11,15,19,23-26,31H,5,7,9,12-14,16-18H2,1-4H3,(H,30,32);5,7-8,11,15,18,20,24-27,30H,1,6,9-10,12-14,16-17H2,2-4H3/b8-6+,20-15+;7-5+,21-15+/t23-,24+,25+,26+;20-,24+,25-,26-,27-/m10/s1. The summed E-state index contributed by atoms with van der Waals surface area (Å²) in [4.78, 5) is 34.5. The molecule has 4 aliphatic heterocycles. The number of amides is 1. The normalized spacial score (nSPS) is 31.1. The van der Waals surface area contributed by atoms with Crippen molar-refractivity contribution in [2.75, 3.05) is 0 Å².